The second kappa shape index (κ2) is 2.27. The average Bonchev–Trinajstić information content (AvgIpc) is 2.31. The Balaban J connectivity index is 2.56. The number of carbonyl (C=O) groups is 1. The van der Waals surface area contributed by atoms with Crippen LogP contribution in [0.3, 0.4) is 0 Å². The summed E-state index contributed by atoms with van der Waals surface area (Å²) in [5, 5.41) is 3.03. The monoisotopic (exact) mass is 164 g/mol. The van der Waals surface area contributed by atoms with E-state index < -0.39 is 0 Å². The van der Waals surface area contributed by atoms with Crippen LogP contribution in [-0.2, 0) is 0 Å². The van der Waals surface area contributed by atoms with Gasteiger partial charge in [-0.05, 0) is 13.8 Å². The number of aryl methyl sites for hydroxylation is 1. The largest absolute Gasteiger partial charge is 0.358 e. The molecule has 0 aromatic carbocycles. The number of carbonyl (C=O) groups excluding carboxylic acids is 1. The highest BCUT2D eigenvalue weighted by Crippen LogP contribution is 2.07. The summed E-state index contributed by atoms with van der Waals surface area (Å²) >= 11 is 0. The first kappa shape index (κ1) is 7.21. The van der Waals surface area contributed by atoms with E-state index in [4.69, 9.17) is 0 Å². The molecule has 2 rings (SSSR count). The highest BCUT2D eigenvalue weighted by atomic mass is 16.2. The Hall–Kier alpha value is -1.45. The minimum absolute atomic E-state index is 0.0792. The predicted molar refractivity (Wildman–Crippen MR) is 42.9 cm³/mol. The van der Waals surface area contributed by atoms with Crippen LogP contribution in [0.4, 0.5) is 5.82 Å². The van der Waals surface area contributed by atoms with E-state index in [-0.39, 0.29) is 11.9 Å². The minimum Gasteiger partial charge on any atom is -0.259 e. The number of anilines is 1. The van der Waals surface area contributed by atoms with Crippen LogP contribution in [0.2, 0.25) is 0 Å². The zero-order valence-electron chi connectivity index (χ0n) is 7.03. The highest BCUT2D eigenvalue weighted by molar-refractivity contribution is 5.80. The second-order valence-electron chi connectivity index (χ2n) is 2.99. The third-order valence-electron chi connectivity index (χ3n) is 1.94. The summed E-state index contributed by atoms with van der Waals surface area (Å²) in [6.07, 6.45) is 3.42. The Labute approximate surface area is 70.2 Å². The molecule has 2 heterocycles. The zero-order valence-corrected chi connectivity index (χ0v) is 7.03. The first-order chi connectivity index (χ1) is 5.68. The molecule has 0 aliphatic carbocycles. The Kier molecular flexibility index (Phi) is 1.36. The van der Waals surface area contributed by atoms with Crippen LogP contribution < -0.4 is 9.88 Å². The van der Waals surface area contributed by atoms with E-state index in [1.807, 2.05) is 13.8 Å². The molecule has 4 nitrogen and oxygen atoms in total. The number of fused-ring (bicyclic) bond motifs is 1. The minimum atomic E-state index is -0.131. The smallest absolute Gasteiger partial charge is 0.259 e. The topological polar surface area (TPSA) is 45.9 Å². The number of hydrogen-bond donors (Lipinski definition) is 1. The predicted octanol–water partition coefficient (Wildman–Crippen LogP) is 0.132. The summed E-state index contributed by atoms with van der Waals surface area (Å²) in [7, 11) is 0. The van der Waals surface area contributed by atoms with Gasteiger partial charge in [0.1, 0.15) is 12.4 Å². The van der Waals surface area contributed by atoms with Crippen molar-refractivity contribution in [2.75, 3.05) is 5.32 Å². The molecule has 1 aromatic rings. The molecular formula is C8H10N3O+. The van der Waals surface area contributed by atoms with Crippen molar-refractivity contribution in [3.8, 4) is 0 Å². The fraction of sp³-hybridized carbons (Fsp3) is 0.375. The molecule has 0 saturated heterocycles. The van der Waals surface area contributed by atoms with Crippen molar-refractivity contribution in [1.82, 2.24) is 4.98 Å². The molecule has 1 unspecified atom stereocenters. The Morgan fingerprint density at radius 2 is 2.42 bits per heavy atom. The van der Waals surface area contributed by atoms with Gasteiger partial charge in [-0.3, -0.25) is 5.32 Å². The van der Waals surface area contributed by atoms with E-state index in [9.17, 15) is 4.79 Å². The molecule has 0 radical (unpaired) electrons. The third-order valence-corrected chi connectivity index (χ3v) is 1.94. The normalized spacial score (nSPS) is 20.5. The zero-order chi connectivity index (χ0) is 8.72. The lowest BCUT2D eigenvalue weighted by Crippen LogP contribution is -2.42. The van der Waals surface area contributed by atoms with Crippen LogP contribution in [0.5, 0.6) is 0 Å². The van der Waals surface area contributed by atoms with Crippen molar-refractivity contribution in [3.05, 3.63) is 18.1 Å². The summed E-state index contributed by atoms with van der Waals surface area (Å²) in [6, 6.07) is -0.131. The van der Waals surface area contributed by atoms with E-state index in [0.29, 0.717) is 0 Å². The molecule has 62 valence electrons. The lowest BCUT2D eigenvalue weighted by Gasteiger charge is -1.91. The highest BCUT2D eigenvalue weighted by Gasteiger charge is 2.34. The van der Waals surface area contributed by atoms with Crippen molar-refractivity contribution in [2.24, 2.45) is 0 Å². The molecule has 1 aliphatic rings. The Bertz CT molecular complexity index is 348. The Morgan fingerprint density at radius 1 is 1.67 bits per heavy atom. The molecule has 1 N–H and O–H groups in total. The van der Waals surface area contributed by atoms with Crippen LogP contribution in [0.25, 0.3) is 0 Å². The first-order valence-corrected chi connectivity index (χ1v) is 3.87. The van der Waals surface area contributed by atoms with E-state index >= 15 is 0 Å². The standard InChI is InChI=1S/C8H9N3O/c1-5-4-11-7(3-9-5)10-6(2)8(11)12/h3-4,6H,1-2H3/p+1. The van der Waals surface area contributed by atoms with Gasteiger partial charge >= 0.3 is 11.7 Å². The van der Waals surface area contributed by atoms with Crippen molar-refractivity contribution in [2.45, 2.75) is 19.9 Å². The van der Waals surface area contributed by atoms with Crippen LogP contribution in [0.1, 0.15) is 17.4 Å². The maximum Gasteiger partial charge on any atom is 0.358 e. The van der Waals surface area contributed by atoms with Gasteiger partial charge in [0, 0.05) is 0 Å². The molecule has 0 bridgehead atoms. The van der Waals surface area contributed by atoms with Crippen LogP contribution in [0, 0.1) is 6.92 Å². The van der Waals surface area contributed by atoms with Gasteiger partial charge in [-0.25, -0.2) is 9.78 Å². The summed E-state index contributed by atoms with van der Waals surface area (Å²) in [4.78, 5) is 15.5. The molecule has 4 heteroatoms. The number of rotatable bonds is 0. The molecule has 0 amide bonds. The van der Waals surface area contributed by atoms with Gasteiger partial charge in [0.25, 0.3) is 0 Å². The third kappa shape index (κ3) is 0.879. The van der Waals surface area contributed by atoms with Gasteiger partial charge in [-0.1, -0.05) is 0 Å². The SMILES string of the molecule is Cc1c[n+]2c(cn1)NC(C)C2=O. The molecule has 12 heavy (non-hydrogen) atoms. The molecule has 1 aromatic heterocycles. The molecule has 0 fully saturated rings. The van der Waals surface area contributed by atoms with Crippen molar-refractivity contribution >= 4 is 11.7 Å². The molecular weight excluding hydrogens is 154 g/mol. The van der Waals surface area contributed by atoms with Gasteiger partial charge in [-0.2, -0.15) is 4.57 Å². The van der Waals surface area contributed by atoms with E-state index in [1.54, 1.807) is 17.0 Å². The van der Waals surface area contributed by atoms with Crippen molar-refractivity contribution in [1.29, 1.82) is 0 Å². The number of hydrogen-bond acceptors (Lipinski definition) is 3. The van der Waals surface area contributed by atoms with Gasteiger partial charge in [0.2, 0.25) is 0 Å². The number of nitrogens with one attached hydrogen (secondary N) is 1. The average molecular weight is 164 g/mol. The van der Waals surface area contributed by atoms with Crippen LogP contribution in [-0.4, -0.2) is 16.9 Å². The van der Waals surface area contributed by atoms with Gasteiger partial charge in [0.15, 0.2) is 6.04 Å². The lowest BCUT2D eigenvalue weighted by molar-refractivity contribution is -0.553. The van der Waals surface area contributed by atoms with Gasteiger partial charge in [-0.15, -0.1) is 0 Å². The summed E-state index contributed by atoms with van der Waals surface area (Å²) < 4.78 is 1.60. The van der Waals surface area contributed by atoms with Crippen molar-refractivity contribution < 1.29 is 9.36 Å². The van der Waals surface area contributed by atoms with Gasteiger partial charge < -0.3 is 0 Å². The number of nitrogens with zero attached hydrogens (tertiary/aromatic N) is 2. The maximum atomic E-state index is 11.4. The fourth-order valence-corrected chi connectivity index (χ4v) is 1.30. The van der Waals surface area contributed by atoms with E-state index in [1.165, 1.54) is 0 Å². The number of aromatic nitrogens is 2. The molecule has 1 aliphatic heterocycles. The second-order valence-corrected chi connectivity index (χ2v) is 2.99. The molecule has 1 atom stereocenters. The van der Waals surface area contributed by atoms with Crippen molar-refractivity contribution in [3.63, 3.8) is 0 Å². The summed E-state index contributed by atoms with van der Waals surface area (Å²) in [5.41, 5.74) is 0.850. The first-order valence-electron chi connectivity index (χ1n) is 3.87. The quantitative estimate of drug-likeness (QED) is 0.554. The molecule has 0 saturated carbocycles. The summed E-state index contributed by atoms with van der Waals surface area (Å²) in [5.74, 6) is 0.855. The lowest BCUT2D eigenvalue weighted by atomic mass is 10.3. The van der Waals surface area contributed by atoms with E-state index in [2.05, 4.69) is 10.3 Å². The fourth-order valence-electron chi connectivity index (χ4n) is 1.30. The molecule has 0 spiro atoms. The van der Waals surface area contributed by atoms with Crippen LogP contribution in [0.15, 0.2) is 12.4 Å². The van der Waals surface area contributed by atoms with Crippen LogP contribution >= 0.6 is 0 Å². The summed E-state index contributed by atoms with van der Waals surface area (Å²) in [6.45, 7) is 3.70. The Morgan fingerprint density at radius 3 is 3.17 bits per heavy atom. The maximum absolute atomic E-state index is 11.4. The van der Waals surface area contributed by atoms with E-state index in [0.717, 1.165) is 11.5 Å². The van der Waals surface area contributed by atoms with Gasteiger partial charge in [0.05, 0.1) is 5.69 Å².